The summed E-state index contributed by atoms with van der Waals surface area (Å²) in [7, 11) is -12.3. The number of carbonyl (C=O) groups is 1. The van der Waals surface area contributed by atoms with Crippen molar-refractivity contribution in [2.24, 2.45) is 0 Å². The molecule has 0 aliphatic carbocycles. The second-order valence-electron chi connectivity index (χ2n) is 8.44. The number of halogens is 6. The van der Waals surface area contributed by atoms with E-state index in [4.69, 9.17) is 9.47 Å². The van der Waals surface area contributed by atoms with Crippen LogP contribution in [0.3, 0.4) is 0 Å². The average molecular weight is 641 g/mol. The minimum absolute atomic E-state index is 0.0861. The molecule has 0 radical (unpaired) electrons. The van der Waals surface area contributed by atoms with Crippen LogP contribution in [0.2, 0.25) is 0 Å². The van der Waals surface area contributed by atoms with Gasteiger partial charge in [-0.05, 0) is 30.3 Å². The number of hydrogen-bond acceptors (Lipinski definition) is 11. The summed E-state index contributed by atoms with van der Waals surface area (Å²) in [5, 5.41) is 11.3. The number of alkyl halides is 6. The quantitative estimate of drug-likeness (QED) is 0.0953. The van der Waals surface area contributed by atoms with Crippen molar-refractivity contribution < 1.29 is 70.7 Å². The van der Waals surface area contributed by atoms with Crippen LogP contribution in [0.5, 0.6) is 23.0 Å². The number of fused-ring (bicyclic) bond motifs is 6. The van der Waals surface area contributed by atoms with Crippen molar-refractivity contribution in [3.63, 3.8) is 0 Å². The van der Waals surface area contributed by atoms with E-state index >= 15 is 0 Å². The van der Waals surface area contributed by atoms with Crippen molar-refractivity contribution >= 4 is 31.9 Å². The lowest BCUT2D eigenvalue weighted by Gasteiger charge is -2.36. The lowest BCUT2D eigenvalue weighted by atomic mass is 9.77. The summed E-state index contributed by atoms with van der Waals surface area (Å²) in [5.41, 5.74) is -15.1. The van der Waals surface area contributed by atoms with Crippen LogP contribution in [0.15, 0.2) is 54.6 Å². The van der Waals surface area contributed by atoms with Crippen LogP contribution in [0.4, 0.5) is 32.0 Å². The molecule has 0 saturated carbocycles. The summed E-state index contributed by atoms with van der Waals surface area (Å²) < 4.78 is 143. The number of benzene rings is 3. The van der Waals surface area contributed by atoms with Gasteiger partial charge in [0.1, 0.15) is 23.0 Å². The van der Waals surface area contributed by atoms with Gasteiger partial charge in [0.15, 0.2) is 5.60 Å². The highest BCUT2D eigenvalue weighted by Gasteiger charge is 2.55. The molecule has 0 fully saturated rings. The fraction of sp³-hybridized carbons (Fsp3) is 0.136. The Morgan fingerprint density at radius 3 is 1.62 bits per heavy atom. The number of hydrogen-bond donors (Lipinski definition) is 0. The molecule has 5 rings (SSSR count). The standard InChI is InChI=1S/C22H9F6NO11S2/c23-21(24,25)41(33,34)39-11-2-5-15-17(8-11)37-18-9-12(40-42(35,36)22(26,27)28)3-6-16(18)20(15)14-4-1-10(29(31)32)7-13(14)19(30)38-20/h1-9H. The molecule has 12 nitrogen and oxygen atoms in total. The van der Waals surface area contributed by atoms with Gasteiger partial charge in [-0.1, -0.05) is 0 Å². The lowest BCUT2D eigenvalue weighted by molar-refractivity contribution is -0.384. The first kappa shape index (κ1) is 28.9. The number of carbonyl (C=O) groups excluding carboxylic acids is 1. The molecule has 0 aromatic heterocycles. The van der Waals surface area contributed by atoms with Gasteiger partial charge < -0.3 is 17.8 Å². The Morgan fingerprint density at radius 2 is 1.19 bits per heavy atom. The number of esters is 1. The zero-order chi connectivity index (χ0) is 31.0. The van der Waals surface area contributed by atoms with E-state index in [2.05, 4.69) is 8.37 Å². The van der Waals surface area contributed by atoms with Gasteiger partial charge in [0, 0.05) is 41.0 Å². The van der Waals surface area contributed by atoms with Crippen molar-refractivity contribution in [3.8, 4) is 23.0 Å². The second kappa shape index (κ2) is 8.95. The molecule has 0 unspecified atom stereocenters. The summed E-state index contributed by atoms with van der Waals surface area (Å²) >= 11 is 0. The minimum Gasteiger partial charge on any atom is -0.456 e. The maximum atomic E-state index is 12.9. The molecular weight excluding hydrogens is 632 g/mol. The summed E-state index contributed by atoms with van der Waals surface area (Å²) in [6.07, 6.45) is 0. The Kier molecular flexibility index (Phi) is 6.16. The van der Waals surface area contributed by atoms with Gasteiger partial charge in [0.05, 0.1) is 10.5 Å². The maximum absolute atomic E-state index is 12.9. The highest BCUT2D eigenvalue weighted by Crippen LogP contribution is 2.57. The zero-order valence-electron chi connectivity index (χ0n) is 19.7. The Hall–Kier alpha value is -4.59. The number of nitro groups is 1. The summed E-state index contributed by atoms with van der Waals surface area (Å²) in [6.45, 7) is 0. The minimum atomic E-state index is -6.17. The van der Waals surface area contributed by atoms with Gasteiger partial charge in [0.2, 0.25) is 0 Å². The third kappa shape index (κ3) is 4.42. The monoisotopic (exact) mass is 641 g/mol. The van der Waals surface area contributed by atoms with Crippen molar-refractivity contribution in [1.82, 2.24) is 0 Å². The summed E-state index contributed by atoms with van der Waals surface area (Å²) in [5.74, 6) is -4.14. The van der Waals surface area contributed by atoms with Crippen LogP contribution < -0.4 is 13.1 Å². The molecule has 0 saturated heterocycles. The third-order valence-corrected chi connectivity index (χ3v) is 7.88. The van der Waals surface area contributed by atoms with Crippen LogP contribution in [0.25, 0.3) is 0 Å². The number of nitrogens with zero attached hydrogens (tertiary/aromatic N) is 1. The normalized spacial score (nSPS) is 15.6. The smallest absolute Gasteiger partial charge is 0.456 e. The SMILES string of the molecule is O=C1OC2(c3ccc(OS(=O)(=O)C(F)(F)F)cc3Oc3cc(OS(=O)(=O)C(F)(F)F)ccc32)c2ccc([N+](=O)[O-])cc21. The molecule has 0 atom stereocenters. The Bertz CT molecular complexity index is 1810. The molecule has 2 aliphatic rings. The number of ether oxygens (including phenoxy) is 2. The molecule has 42 heavy (non-hydrogen) atoms. The van der Waals surface area contributed by atoms with Crippen molar-refractivity contribution in [1.29, 1.82) is 0 Å². The topological polar surface area (TPSA) is 165 Å². The first-order valence-electron chi connectivity index (χ1n) is 10.8. The van der Waals surface area contributed by atoms with Gasteiger partial charge in [-0.2, -0.15) is 43.2 Å². The van der Waals surface area contributed by atoms with Crippen LogP contribution >= 0.6 is 0 Å². The Labute approximate surface area is 229 Å². The zero-order valence-corrected chi connectivity index (χ0v) is 21.4. The lowest BCUT2D eigenvalue weighted by Crippen LogP contribution is -2.33. The van der Waals surface area contributed by atoms with E-state index in [9.17, 15) is 58.1 Å². The summed E-state index contributed by atoms with van der Waals surface area (Å²) in [4.78, 5) is 23.4. The second-order valence-corrected chi connectivity index (χ2v) is 11.5. The van der Waals surface area contributed by atoms with Gasteiger partial charge in [-0.15, -0.1) is 0 Å². The molecular formula is C22H9F6NO11S2. The van der Waals surface area contributed by atoms with E-state index in [-0.39, 0.29) is 22.3 Å². The molecule has 3 aromatic rings. The highest BCUT2D eigenvalue weighted by molar-refractivity contribution is 7.88. The van der Waals surface area contributed by atoms with Crippen LogP contribution in [-0.2, 0) is 30.6 Å². The van der Waals surface area contributed by atoms with Gasteiger partial charge >= 0.3 is 37.2 Å². The van der Waals surface area contributed by atoms with E-state index in [1.807, 2.05) is 0 Å². The van der Waals surface area contributed by atoms with E-state index in [1.165, 1.54) is 0 Å². The van der Waals surface area contributed by atoms with E-state index in [0.717, 1.165) is 42.5 Å². The van der Waals surface area contributed by atoms with Gasteiger partial charge in [-0.25, -0.2) is 4.79 Å². The predicted molar refractivity (Wildman–Crippen MR) is 123 cm³/mol. The molecule has 0 amide bonds. The largest absolute Gasteiger partial charge is 0.534 e. The Balaban J connectivity index is 1.72. The van der Waals surface area contributed by atoms with Crippen molar-refractivity contribution in [3.05, 3.63) is 87.0 Å². The predicted octanol–water partition coefficient (Wildman–Crippen LogP) is 4.62. The average Bonchev–Trinajstić information content (AvgIpc) is 3.14. The Morgan fingerprint density at radius 1 is 0.738 bits per heavy atom. The van der Waals surface area contributed by atoms with Gasteiger partial charge in [-0.3, -0.25) is 10.1 Å². The van der Waals surface area contributed by atoms with E-state index < -0.39 is 76.4 Å². The molecule has 2 aliphatic heterocycles. The molecule has 222 valence electrons. The molecule has 0 bridgehead atoms. The van der Waals surface area contributed by atoms with Crippen molar-refractivity contribution in [2.45, 2.75) is 16.6 Å². The molecule has 1 spiro atoms. The highest BCUT2D eigenvalue weighted by atomic mass is 32.2. The van der Waals surface area contributed by atoms with Crippen molar-refractivity contribution in [2.75, 3.05) is 0 Å². The van der Waals surface area contributed by atoms with E-state index in [1.54, 1.807) is 0 Å². The first-order chi connectivity index (χ1) is 19.3. The third-order valence-electron chi connectivity index (χ3n) is 5.92. The molecule has 20 heteroatoms. The number of nitro benzene ring substituents is 1. The van der Waals surface area contributed by atoms with Crippen LogP contribution in [0, 0.1) is 10.1 Å². The van der Waals surface area contributed by atoms with Gasteiger partial charge in [0.25, 0.3) is 5.69 Å². The molecule has 0 N–H and O–H groups in total. The fourth-order valence-electron chi connectivity index (χ4n) is 4.24. The molecule has 3 aromatic carbocycles. The first-order valence-corrected chi connectivity index (χ1v) is 13.6. The van der Waals surface area contributed by atoms with Crippen LogP contribution in [-0.4, -0.2) is 38.7 Å². The van der Waals surface area contributed by atoms with E-state index in [0.29, 0.717) is 12.1 Å². The maximum Gasteiger partial charge on any atom is 0.534 e. The fourth-order valence-corrected chi connectivity index (χ4v) is 5.14. The molecule has 2 heterocycles. The number of rotatable bonds is 5. The number of non-ortho nitro benzene ring substituents is 1. The summed E-state index contributed by atoms with van der Waals surface area (Å²) in [6, 6.07) is 7.63. The van der Waals surface area contributed by atoms with Crippen LogP contribution in [0.1, 0.15) is 27.0 Å².